The van der Waals surface area contributed by atoms with Crippen LogP contribution in [0.3, 0.4) is 0 Å². The molecule has 0 aliphatic heterocycles. The minimum atomic E-state index is -0.509. The molecule has 1 unspecified atom stereocenters. The molecule has 0 spiro atoms. The number of methoxy groups -OCH3 is 1. The Bertz CT molecular complexity index is 389. The summed E-state index contributed by atoms with van der Waals surface area (Å²) in [6.07, 6.45) is 4.33. The first-order valence-electron chi connectivity index (χ1n) is 7.22. The molecule has 0 radical (unpaired) electrons. The number of aryl methyl sites for hydroxylation is 1. The van der Waals surface area contributed by atoms with Gasteiger partial charge < -0.3 is 15.2 Å². The quantitative estimate of drug-likeness (QED) is 0.557. The number of unbranched alkanes of at least 4 members (excludes halogenated alkanes) is 1. The van der Waals surface area contributed by atoms with Gasteiger partial charge in [0.25, 0.3) is 0 Å². The van der Waals surface area contributed by atoms with Crippen molar-refractivity contribution in [2.24, 2.45) is 5.73 Å². The SMILES string of the molecule is CCCCOC(=O)C(N)CCCc1ccc(OC)cc1. The highest BCUT2D eigenvalue weighted by Gasteiger charge is 2.14. The van der Waals surface area contributed by atoms with Crippen molar-refractivity contribution in [2.45, 2.75) is 45.1 Å². The van der Waals surface area contributed by atoms with E-state index in [2.05, 4.69) is 6.92 Å². The van der Waals surface area contributed by atoms with Crippen molar-refractivity contribution in [3.63, 3.8) is 0 Å². The van der Waals surface area contributed by atoms with E-state index in [-0.39, 0.29) is 5.97 Å². The molecule has 0 fully saturated rings. The molecule has 0 amide bonds. The molecule has 0 saturated heterocycles. The number of carbonyl (C=O) groups is 1. The van der Waals surface area contributed by atoms with E-state index in [4.69, 9.17) is 15.2 Å². The summed E-state index contributed by atoms with van der Waals surface area (Å²) >= 11 is 0. The van der Waals surface area contributed by atoms with E-state index in [1.807, 2.05) is 24.3 Å². The largest absolute Gasteiger partial charge is 0.497 e. The number of nitrogens with two attached hydrogens (primary N) is 1. The topological polar surface area (TPSA) is 61.5 Å². The summed E-state index contributed by atoms with van der Waals surface area (Å²) in [5, 5.41) is 0. The number of hydrogen-bond donors (Lipinski definition) is 1. The third-order valence-corrected chi connectivity index (χ3v) is 3.18. The Morgan fingerprint density at radius 3 is 2.55 bits per heavy atom. The first-order chi connectivity index (χ1) is 9.67. The minimum Gasteiger partial charge on any atom is -0.497 e. The molecule has 112 valence electrons. The molecule has 4 nitrogen and oxygen atoms in total. The Hall–Kier alpha value is -1.55. The maximum atomic E-state index is 11.6. The van der Waals surface area contributed by atoms with E-state index in [9.17, 15) is 4.79 Å². The second-order valence-electron chi connectivity index (χ2n) is 4.87. The standard InChI is InChI=1S/C16H25NO3/c1-3-4-12-20-16(18)15(17)7-5-6-13-8-10-14(19-2)11-9-13/h8-11,15H,3-7,12,17H2,1-2H3. The van der Waals surface area contributed by atoms with Crippen LogP contribution in [0.4, 0.5) is 0 Å². The van der Waals surface area contributed by atoms with Gasteiger partial charge in [-0.3, -0.25) is 4.79 Å². The van der Waals surface area contributed by atoms with Crippen molar-refractivity contribution >= 4 is 5.97 Å². The van der Waals surface area contributed by atoms with Crippen LogP contribution >= 0.6 is 0 Å². The molecule has 2 N–H and O–H groups in total. The van der Waals surface area contributed by atoms with E-state index < -0.39 is 6.04 Å². The maximum absolute atomic E-state index is 11.6. The lowest BCUT2D eigenvalue weighted by atomic mass is 10.1. The minimum absolute atomic E-state index is 0.284. The normalized spacial score (nSPS) is 11.9. The number of esters is 1. The average Bonchev–Trinajstić information content (AvgIpc) is 2.48. The molecule has 4 heteroatoms. The number of benzene rings is 1. The van der Waals surface area contributed by atoms with Gasteiger partial charge in [0.15, 0.2) is 0 Å². The van der Waals surface area contributed by atoms with Crippen LogP contribution in [0.1, 0.15) is 38.2 Å². The van der Waals surface area contributed by atoms with Crippen LogP contribution in [0.25, 0.3) is 0 Å². The van der Waals surface area contributed by atoms with Gasteiger partial charge in [-0.15, -0.1) is 0 Å². The first kappa shape index (κ1) is 16.5. The maximum Gasteiger partial charge on any atom is 0.322 e. The molecular weight excluding hydrogens is 254 g/mol. The first-order valence-corrected chi connectivity index (χ1v) is 7.22. The highest BCUT2D eigenvalue weighted by atomic mass is 16.5. The monoisotopic (exact) mass is 279 g/mol. The fourth-order valence-electron chi connectivity index (χ4n) is 1.86. The fourth-order valence-corrected chi connectivity index (χ4v) is 1.86. The van der Waals surface area contributed by atoms with Crippen molar-refractivity contribution in [3.05, 3.63) is 29.8 Å². The van der Waals surface area contributed by atoms with Gasteiger partial charge in [-0.05, 0) is 43.4 Å². The van der Waals surface area contributed by atoms with Crippen molar-refractivity contribution in [2.75, 3.05) is 13.7 Å². The number of rotatable bonds is 9. The summed E-state index contributed by atoms with van der Waals surface area (Å²) in [4.78, 5) is 11.6. The molecule has 1 atom stereocenters. The van der Waals surface area contributed by atoms with Gasteiger partial charge in [0.2, 0.25) is 0 Å². The molecule has 0 aliphatic rings. The van der Waals surface area contributed by atoms with Crippen LogP contribution in [-0.4, -0.2) is 25.7 Å². The predicted molar refractivity (Wildman–Crippen MR) is 79.8 cm³/mol. The van der Waals surface area contributed by atoms with E-state index in [0.29, 0.717) is 13.0 Å². The van der Waals surface area contributed by atoms with Crippen molar-refractivity contribution in [1.29, 1.82) is 0 Å². The average molecular weight is 279 g/mol. The smallest absolute Gasteiger partial charge is 0.322 e. The van der Waals surface area contributed by atoms with Gasteiger partial charge in [-0.25, -0.2) is 0 Å². The number of hydrogen-bond acceptors (Lipinski definition) is 4. The van der Waals surface area contributed by atoms with Crippen LogP contribution in [0.2, 0.25) is 0 Å². The van der Waals surface area contributed by atoms with E-state index in [1.165, 1.54) is 5.56 Å². The second kappa shape index (κ2) is 9.37. The van der Waals surface area contributed by atoms with Crippen molar-refractivity contribution in [1.82, 2.24) is 0 Å². The second-order valence-corrected chi connectivity index (χ2v) is 4.87. The molecule has 1 aromatic carbocycles. The van der Waals surface area contributed by atoms with Crippen LogP contribution in [0.5, 0.6) is 5.75 Å². The van der Waals surface area contributed by atoms with Gasteiger partial charge >= 0.3 is 5.97 Å². The Morgan fingerprint density at radius 2 is 1.95 bits per heavy atom. The summed E-state index contributed by atoms with van der Waals surface area (Å²) in [5.41, 5.74) is 7.03. The lowest BCUT2D eigenvalue weighted by molar-refractivity contribution is -0.145. The van der Waals surface area contributed by atoms with Crippen LogP contribution in [-0.2, 0) is 16.0 Å². The summed E-state index contributed by atoms with van der Waals surface area (Å²) in [6.45, 7) is 2.53. The third-order valence-electron chi connectivity index (χ3n) is 3.18. The lowest BCUT2D eigenvalue weighted by Gasteiger charge is -2.11. The van der Waals surface area contributed by atoms with E-state index >= 15 is 0 Å². The number of ether oxygens (including phenoxy) is 2. The Morgan fingerprint density at radius 1 is 1.25 bits per heavy atom. The zero-order valence-corrected chi connectivity index (χ0v) is 12.4. The van der Waals surface area contributed by atoms with Gasteiger partial charge in [0.05, 0.1) is 13.7 Å². The molecule has 20 heavy (non-hydrogen) atoms. The van der Waals surface area contributed by atoms with Gasteiger partial charge in [0.1, 0.15) is 11.8 Å². The van der Waals surface area contributed by atoms with Crippen LogP contribution in [0.15, 0.2) is 24.3 Å². The van der Waals surface area contributed by atoms with Crippen molar-refractivity contribution in [3.8, 4) is 5.75 Å². The van der Waals surface area contributed by atoms with Gasteiger partial charge in [-0.2, -0.15) is 0 Å². The number of carbonyl (C=O) groups excluding carboxylic acids is 1. The molecule has 0 saturated carbocycles. The summed E-state index contributed by atoms with van der Waals surface area (Å²) in [5.74, 6) is 0.568. The predicted octanol–water partition coefficient (Wildman–Crippen LogP) is 2.69. The van der Waals surface area contributed by atoms with Gasteiger partial charge in [-0.1, -0.05) is 25.5 Å². The molecule has 0 aliphatic carbocycles. The Kier molecular flexibility index (Phi) is 7.73. The molecule has 1 aromatic rings. The Labute approximate surface area is 121 Å². The van der Waals surface area contributed by atoms with Gasteiger partial charge in [0, 0.05) is 0 Å². The lowest BCUT2D eigenvalue weighted by Crippen LogP contribution is -2.32. The van der Waals surface area contributed by atoms with Crippen LogP contribution < -0.4 is 10.5 Å². The van der Waals surface area contributed by atoms with E-state index in [1.54, 1.807) is 7.11 Å². The van der Waals surface area contributed by atoms with E-state index in [0.717, 1.165) is 31.4 Å². The highest BCUT2D eigenvalue weighted by Crippen LogP contribution is 2.13. The molecule has 0 bridgehead atoms. The summed E-state index contributed by atoms with van der Waals surface area (Å²) in [7, 11) is 1.65. The van der Waals surface area contributed by atoms with Crippen molar-refractivity contribution < 1.29 is 14.3 Å². The highest BCUT2D eigenvalue weighted by molar-refractivity contribution is 5.75. The molecular formula is C16H25NO3. The third kappa shape index (κ3) is 6.06. The summed E-state index contributed by atoms with van der Waals surface area (Å²) < 4.78 is 10.2. The zero-order valence-electron chi connectivity index (χ0n) is 12.4. The molecule has 0 heterocycles. The Balaban J connectivity index is 2.23. The fraction of sp³-hybridized carbons (Fsp3) is 0.562. The summed E-state index contributed by atoms with van der Waals surface area (Å²) in [6, 6.07) is 7.43. The van der Waals surface area contributed by atoms with Crippen LogP contribution in [0, 0.1) is 0 Å². The zero-order chi connectivity index (χ0) is 14.8. The molecule has 1 rings (SSSR count). The molecule has 0 aromatic heterocycles.